The second-order valence-electron chi connectivity index (χ2n) is 13.6. The van der Waals surface area contributed by atoms with E-state index in [-0.39, 0.29) is 0 Å². The Morgan fingerprint density at radius 2 is 1.76 bits per heavy atom. The van der Waals surface area contributed by atoms with Gasteiger partial charge >= 0.3 is 0 Å². The summed E-state index contributed by atoms with van der Waals surface area (Å²) in [6, 6.07) is 0.492. The lowest BCUT2D eigenvalue weighted by Gasteiger charge is -2.41. The Balaban J connectivity index is 1.67. The molecule has 0 spiro atoms. The third-order valence-electron chi connectivity index (χ3n) is 10.4. The average molecular weight is 562 g/mol. The lowest BCUT2D eigenvalue weighted by Crippen LogP contribution is -2.39. The second-order valence-corrected chi connectivity index (χ2v) is 13.6. The third-order valence-corrected chi connectivity index (χ3v) is 10.4. The highest BCUT2D eigenvalue weighted by Crippen LogP contribution is 2.39. The predicted molar refractivity (Wildman–Crippen MR) is 179 cm³/mol. The number of hydrogen-bond donors (Lipinski definition) is 0. The van der Waals surface area contributed by atoms with Gasteiger partial charge in [-0.15, -0.1) is 6.58 Å². The smallest absolute Gasteiger partial charge is 0.0905 e. The molecule has 0 aromatic carbocycles. The van der Waals surface area contributed by atoms with E-state index in [4.69, 9.17) is 11.3 Å². The standard InChI is InChI=1S/C39H63NO/c1-8-30(3)15-13-16-33(6)41-29-36-17-11-10-12-19-37(20-14-18-36)34(7)40-32(5)23-24-35(9-2)25-27-38-26-21-31(4)22-28-39(38)40/h8,16,21-22,26,28,30,34-38H,1,5,9-15,17-20,23-25,27,29H2,2-4,6-7H3/b33-16+/t30?,34?,35?,36?,37-,38?/m0/s1. The number of allylic oxidation sites excluding steroid dienone is 9. The predicted octanol–water partition coefficient (Wildman–Crippen LogP) is 11.7. The normalized spacial score (nSPS) is 28.6. The van der Waals surface area contributed by atoms with Crippen molar-refractivity contribution >= 4 is 0 Å². The molecule has 3 aliphatic rings. The van der Waals surface area contributed by atoms with Gasteiger partial charge in [0, 0.05) is 23.4 Å². The van der Waals surface area contributed by atoms with E-state index in [1.165, 1.54) is 94.0 Å². The Labute approximate surface area is 254 Å². The molecule has 230 valence electrons. The van der Waals surface area contributed by atoms with Crippen molar-refractivity contribution in [3.63, 3.8) is 0 Å². The molecule has 0 aromatic rings. The molecule has 2 fully saturated rings. The molecule has 0 bridgehead atoms. The first-order valence-electron chi connectivity index (χ1n) is 17.3. The lowest BCUT2D eigenvalue weighted by atomic mass is 9.83. The zero-order chi connectivity index (χ0) is 29.6. The summed E-state index contributed by atoms with van der Waals surface area (Å²) >= 11 is 0. The van der Waals surface area contributed by atoms with Crippen LogP contribution in [0.2, 0.25) is 0 Å². The van der Waals surface area contributed by atoms with Gasteiger partial charge in [-0.3, -0.25) is 0 Å². The Kier molecular flexibility index (Phi) is 14.6. The average Bonchev–Trinajstić information content (AvgIpc) is 3.11. The quantitative estimate of drug-likeness (QED) is 0.194. The van der Waals surface area contributed by atoms with Crippen LogP contribution in [0.4, 0.5) is 0 Å². The van der Waals surface area contributed by atoms with Crippen LogP contribution < -0.4 is 0 Å². The van der Waals surface area contributed by atoms with Gasteiger partial charge in [-0.2, -0.15) is 0 Å². The number of nitrogens with zero attached hydrogens (tertiary/aromatic N) is 1. The highest BCUT2D eigenvalue weighted by molar-refractivity contribution is 5.33. The van der Waals surface area contributed by atoms with Crippen molar-refractivity contribution < 1.29 is 4.74 Å². The first kappa shape index (κ1) is 33.5. The number of rotatable bonds is 10. The van der Waals surface area contributed by atoms with Gasteiger partial charge in [-0.1, -0.05) is 82.4 Å². The zero-order valence-corrected chi connectivity index (χ0v) is 27.5. The molecule has 41 heavy (non-hydrogen) atoms. The minimum Gasteiger partial charge on any atom is -0.498 e. The highest BCUT2D eigenvalue weighted by atomic mass is 16.5. The van der Waals surface area contributed by atoms with Crippen LogP contribution in [0.5, 0.6) is 0 Å². The number of ether oxygens (including phenoxy) is 1. The van der Waals surface area contributed by atoms with E-state index in [1.807, 2.05) is 6.08 Å². The molecule has 2 heteroatoms. The fourth-order valence-electron chi connectivity index (χ4n) is 7.24. The monoisotopic (exact) mass is 561 g/mol. The van der Waals surface area contributed by atoms with Crippen molar-refractivity contribution in [1.82, 2.24) is 4.90 Å². The first-order valence-corrected chi connectivity index (χ1v) is 17.3. The SMILES string of the molecule is C=CC(C)CC/C=C(\C)OCC1CCCCC[C@H](C(C)N2C(=C)CCC(CC)CCC3C=CC(C)=CC=C32)CCC1. The maximum atomic E-state index is 6.28. The minimum absolute atomic E-state index is 0.492. The Hall–Kier alpha value is -1.96. The van der Waals surface area contributed by atoms with Crippen molar-refractivity contribution in [2.24, 2.45) is 29.6 Å². The van der Waals surface area contributed by atoms with Crippen molar-refractivity contribution in [2.45, 2.75) is 137 Å². The molecule has 1 aliphatic heterocycles. The van der Waals surface area contributed by atoms with Crippen LogP contribution in [0, 0.1) is 29.6 Å². The van der Waals surface area contributed by atoms with Gasteiger partial charge in [0.2, 0.25) is 0 Å². The van der Waals surface area contributed by atoms with Gasteiger partial charge in [-0.25, -0.2) is 0 Å². The van der Waals surface area contributed by atoms with Crippen LogP contribution in [0.15, 0.2) is 72.3 Å². The second kappa shape index (κ2) is 17.9. The molecule has 2 aliphatic carbocycles. The Bertz CT molecular complexity index is 935. The molecule has 1 saturated carbocycles. The van der Waals surface area contributed by atoms with E-state index < -0.39 is 0 Å². The van der Waals surface area contributed by atoms with Crippen LogP contribution in [0.3, 0.4) is 0 Å². The van der Waals surface area contributed by atoms with Crippen LogP contribution in [-0.2, 0) is 4.74 Å². The van der Waals surface area contributed by atoms with Crippen molar-refractivity contribution in [3.05, 3.63) is 72.3 Å². The molecule has 2 nitrogen and oxygen atoms in total. The zero-order valence-electron chi connectivity index (χ0n) is 27.5. The summed E-state index contributed by atoms with van der Waals surface area (Å²) in [6.07, 6.45) is 33.1. The molecule has 0 N–H and O–H groups in total. The van der Waals surface area contributed by atoms with Gasteiger partial charge in [-0.05, 0) is 121 Å². The minimum atomic E-state index is 0.492. The van der Waals surface area contributed by atoms with Crippen molar-refractivity contribution in [2.75, 3.05) is 6.61 Å². The molecular weight excluding hydrogens is 498 g/mol. The molecule has 0 aromatic heterocycles. The lowest BCUT2D eigenvalue weighted by molar-refractivity contribution is 0.142. The molecule has 5 unspecified atom stereocenters. The van der Waals surface area contributed by atoms with Crippen molar-refractivity contribution in [1.29, 1.82) is 0 Å². The largest absolute Gasteiger partial charge is 0.498 e. The van der Waals surface area contributed by atoms with E-state index >= 15 is 0 Å². The molecule has 1 heterocycles. The Morgan fingerprint density at radius 1 is 1.00 bits per heavy atom. The van der Waals surface area contributed by atoms with Gasteiger partial charge in [0.25, 0.3) is 0 Å². The van der Waals surface area contributed by atoms with Gasteiger partial charge in [0.15, 0.2) is 0 Å². The maximum absolute atomic E-state index is 6.28. The van der Waals surface area contributed by atoms with Crippen LogP contribution in [-0.4, -0.2) is 17.5 Å². The van der Waals surface area contributed by atoms with Crippen LogP contribution >= 0.6 is 0 Å². The first-order chi connectivity index (χ1) is 19.8. The highest BCUT2D eigenvalue weighted by Gasteiger charge is 2.31. The topological polar surface area (TPSA) is 12.5 Å². The van der Waals surface area contributed by atoms with Crippen LogP contribution in [0.25, 0.3) is 0 Å². The number of hydrogen-bond acceptors (Lipinski definition) is 2. The van der Waals surface area contributed by atoms with E-state index in [2.05, 4.69) is 76.5 Å². The van der Waals surface area contributed by atoms with Crippen molar-refractivity contribution in [3.8, 4) is 0 Å². The molecule has 6 atom stereocenters. The number of fused-ring (bicyclic) bond motifs is 1. The summed E-state index contributed by atoms with van der Waals surface area (Å²) < 4.78 is 6.28. The molecule has 3 rings (SSSR count). The van der Waals surface area contributed by atoms with Gasteiger partial charge < -0.3 is 9.64 Å². The summed E-state index contributed by atoms with van der Waals surface area (Å²) in [5.41, 5.74) is 4.21. The van der Waals surface area contributed by atoms with Gasteiger partial charge in [0.1, 0.15) is 0 Å². The third kappa shape index (κ3) is 11.0. The summed E-state index contributed by atoms with van der Waals surface area (Å²) in [7, 11) is 0. The van der Waals surface area contributed by atoms with E-state index in [0.717, 1.165) is 37.5 Å². The molecule has 1 saturated heterocycles. The molecular formula is C39H63NO. The maximum Gasteiger partial charge on any atom is 0.0905 e. The van der Waals surface area contributed by atoms with E-state index in [0.29, 0.717) is 29.7 Å². The Morgan fingerprint density at radius 3 is 2.54 bits per heavy atom. The summed E-state index contributed by atoms with van der Waals surface area (Å²) in [5, 5.41) is 0. The summed E-state index contributed by atoms with van der Waals surface area (Å²) in [5.74, 6) is 4.37. The molecule has 0 radical (unpaired) electrons. The van der Waals surface area contributed by atoms with Crippen LogP contribution in [0.1, 0.15) is 131 Å². The fraction of sp³-hybridized carbons (Fsp3) is 0.692. The van der Waals surface area contributed by atoms with Gasteiger partial charge in [0.05, 0.1) is 12.4 Å². The summed E-state index contributed by atoms with van der Waals surface area (Å²) in [4.78, 5) is 2.72. The van der Waals surface area contributed by atoms with E-state index in [1.54, 1.807) is 0 Å². The fourth-order valence-corrected chi connectivity index (χ4v) is 7.24. The summed E-state index contributed by atoms with van der Waals surface area (Å²) in [6.45, 7) is 21.0. The molecule has 0 amide bonds. The van der Waals surface area contributed by atoms with E-state index in [9.17, 15) is 0 Å².